The number of hydrogen-bond acceptors (Lipinski definition) is 1. The fraction of sp³-hybridized carbons (Fsp3) is 0.857. The van der Waals surface area contributed by atoms with Crippen molar-refractivity contribution >= 4 is 0 Å². The molecule has 1 N–H and O–H groups in total. The third kappa shape index (κ3) is 1.75. The van der Waals surface area contributed by atoms with Crippen LogP contribution in [-0.2, 0) is 0 Å². The topological polar surface area (TPSA) is 12.0 Å². The van der Waals surface area contributed by atoms with Crippen LogP contribution in [0.4, 0.5) is 0 Å². The molecule has 4 bridgehead atoms. The molecule has 15 heavy (non-hydrogen) atoms. The highest BCUT2D eigenvalue weighted by molar-refractivity contribution is 5.20. The minimum atomic E-state index is 0.998. The fourth-order valence-electron chi connectivity index (χ4n) is 4.44. The molecule has 4 aliphatic rings. The van der Waals surface area contributed by atoms with Crippen molar-refractivity contribution in [1.29, 1.82) is 0 Å². The standard InChI is InChI=1S/C14H23N/c1-15-4-2-3-14-12-6-10-5-11(8-12)9-13(14)7-10/h3,10-13,15H,2,4-9H2,1H3. The van der Waals surface area contributed by atoms with Gasteiger partial charge in [-0.05, 0) is 75.8 Å². The molecule has 4 rings (SSSR count). The lowest BCUT2D eigenvalue weighted by Crippen LogP contribution is -2.40. The van der Waals surface area contributed by atoms with Crippen LogP contribution in [0.1, 0.15) is 38.5 Å². The van der Waals surface area contributed by atoms with Gasteiger partial charge in [0.1, 0.15) is 0 Å². The summed E-state index contributed by atoms with van der Waals surface area (Å²) in [7, 11) is 2.05. The summed E-state index contributed by atoms with van der Waals surface area (Å²) in [5, 5.41) is 3.25. The zero-order valence-electron chi connectivity index (χ0n) is 9.84. The van der Waals surface area contributed by atoms with Gasteiger partial charge in [0, 0.05) is 0 Å². The fourth-order valence-corrected chi connectivity index (χ4v) is 4.44. The van der Waals surface area contributed by atoms with E-state index in [2.05, 4.69) is 18.4 Å². The summed E-state index contributed by atoms with van der Waals surface area (Å²) in [4.78, 5) is 0. The lowest BCUT2D eigenvalue weighted by atomic mass is 9.54. The first-order chi connectivity index (χ1) is 7.36. The van der Waals surface area contributed by atoms with Crippen LogP contribution in [0.25, 0.3) is 0 Å². The van der Waals surface area contributed by atoms with Crippen LogP contribution < -0.4 is 5.32 Å². The summed E-state index contributed by atoms with van der Waals surface area (Å²) in [6.45, 7) is 1.15. The maximum absolute atomic E-state index is 3.25. The smallest absolute Gasteiger partial charge is 0.00172 e. The largest absolute Gasteiger partial charge is 0.319 e. The molecule has 84 valence electrons. The maximum Gasteiger partial charge on any atom is -0.00172 e. The van der Waals surface area contributed by atoms with Gasteiger partial charge in [-0.3, -0.25) is 0 Å². The van der Waals surface area contributed by atoms with Crippen molar-refractivity contribution in [2.24, 2.45) is 23.7 Å². The molecule has 0 unspecified atom stereocenters. The quantitative estimate of drug-likeness (QED) is 0.552. The lowest BCUT2D eigenvalue weighted by Gasteiger charge is -2.51. The molecule has 0 amide bonds. The van der Waals surface area contributed by atoms with Crippen molar-refractivity contribution in [2.45, 2.75) is 38.5 Å². The van der Waals surface area contributed by atoms with E-state index in [1.165, 1.54) is 32.1 Å². The summed E-state index contributed by atoms with van der Waals surface area (Å²) in [6.07, 6.45) is 11.5. The molecule has 0 saturated heterocycles. The van der Waals surface area contributed by atoms with E-state index < -0.39 is 0 Å². The Balaban J connectivity index is 1.72. The van der Waals surface area contributed by atoms with Crippen LogP contribution in [0.5, 0.6) is 0 Å². The first-order valence-electron chi connectivity index (χ1n) is 6.71. The van der Waals surface area contributed by atoms with Crippen LogP contribution in [-0.4, -0.2) is 13.6 Å². The Bertz CT molecular complexity index is 237. The number of allylic oxidation sites excluding steroid dienone is 1. The van der Waals surface area contributed by atoms with Crippen LogP contribution >= 0.6 is 0 Å². The van der Waals surface area contributed by atoms with Gasteiger partial charge in [-0.2, -0.15) is 0 Å². The Hall–Kier alpha value is -0.300. The highest BCUT2D eigenvalue weighted by Crippen LogP contribution is 2.56. The SMILES string of the molecule is CNCCC=C1C2CC3CC(C2)CC1C3. The molecule has 4 fully saturated rings. The molecule has 0 atom stereocenters. The molecular formula is C14H23N. The first-order valence-corrected chi connectivity index (χ1v) is 6.71. The monoisotopic (exact) mass is 205 g/mol. The Morgan fingerprint density at radius 1 is 1.07 bits per heavy atom. The van der Waals surface area contributed by atoms with Crippen molar-refractivity contribution in [1.82, 2.24) is 5.32 Å². The Labute approximate surface area is 93.3 Å². The van der Waals surface area contributed by atoms with Crippen molar-refractivity contribution in [3.8, 4) is 0 Å². The second kappa shape index (κ2) is 3.93. The van der Waals surface area contributed by atoms with Gasteiger partial charge in [-0.25, -0.2) is 0 Å². The Kier molecular flexibility index (Phi) is 2.59. The third-order valence-corrected chi connectivity index (χ3v) is 4.86. The predicted octanol–water partition coefficient (Wildman–Crippen LogP) is 2.98. The van der Waals surface area contributed by atoms with E-state index >= 15 is 0 Å². The zero-order chi connectivity index (χ0) is 10.3. The second-order valence-corrected chi connectivity index (χ2v) is 5.90. The maximum atomic E-state index is 3.25. The molecule has 4 saturated carbocycles. The Morgan fingerprint density at radius 3 is 2.20 bits per heavy atom. The molecule has 0 aromatic carbocycles. The van der Waals surface area contributed by atoms with Crippen molar-refractivity contribution in [3.05, 3.63) is 11.6 Å². The molecule has 1 heteroatoms. The van der Waals surface area contributed by atoms with Gasteiger partial charge < -0.3 is 5.32 Å². The molecule has 0 spiro atoms. The van der Waals surface area contributed by atoms with Gasteiger partial charge in [-0.1, -0.05) is 11.6 Å². The van der Waals surface area contributed by atoms with E-state index in [-0.39, 0.29) is 0 Å². The van der Waals surface area contributed by atoms with Gasteiger partial charge in [0.2, 0.25) is 0 Å². The molecule has 1 nitrogen and oxygen atoms in total. The highest BCUT2D eigenvalue weighted by atomic mass is 14.8. The van der Waals surface area contributed by atoms with E-state index in [4.69, 9.17) is 0 Å². The summed E-state index contributed by atoms with van der Waals surface area (Å²) in [5.41, 5.74) is 1.86. The van der Waals surface area contributed by atoms with E-state index in [1.807, 2.05) is 5.57 Å². The average molecular weight is 205 g/mol. The van der Waals surface area contributed by atoms with Gasteiger partial charge in [-0.15, -0.1) is 0 Å². The van der Waals surface area contributed by atoms with Crippen LogP contribution in [0.2, 0.25) is 0 Å². The van der Waals surface area contributed by atoms with Crippen molar-refractivity contribution in [2.75, 3.05) is 13.6 Å². The van der Waals surface area contributed by atoms with Crippen LogP contribution in [0.3, 0.4) is 0 Å². The first kappa shape index (κ1) is 9.89. The minimum absolute atomic E-state index is 0.998. The summed E-state index contributed by atoms with van der Waals surface area (Å²) in [6, 6.07) is 0. The average Bonchev–Trinajstić information content (AvgIpc) is 2.21. The summed E-state index contributed by atoms with van der Waals surface area (Å²) in [5.74, 6) is 4.21. The van der Waals surface area contributed by atoms with Crippen LogP contribution in [0, 0.1) is 23.7 Å². The van der Waals surface area contributed by atoms with Gasteiger partial charge in [0.25, 0.3) is 0 Å². The molecule has 0 aromatic heterocycles. The summed E-state index contributed by atoms with van der Waals surface area (Å²) >= 11 is 0. The molecule has 0 aromatic rings. The molecule has 0 radical (unpaired) electrons. The highest BCUT2D eigenvalue weighted by Gasteiger charge is 2.44. The second-order valence-electron chi connectivity index (χ2n) is 5.90. The number of nitrogens with one attached hydrogen (secondary N) is 1. The van der Waals surface area contributed by atoms with Gasteiger partial charge >= 0.3 is 0 Å². The number of rotatable bonds is 3. The van der Waals surface area contributed by atoms with Gasteiger partial charge in [0.05, 0.1) is 0 Å². The van der Waals surface area contributed by atoms with Gasteiger partial charge in [0.15, 0.2) is 0 Å². The van der Waals surface area contributed by atoms with E-state index in [1.54, 1.807) is 6.42 Å². The molecule has 4 aliphatic carbocycles. The van der Waals surface area contributed by atoms with E-state index in [9.17, 15) is 0 Å². The minimum Gasteiger partial charge on any atom is -0.319 e. The number of hydrogen-bond donors (Lipinski definition) is 1. The molecule has 0 heterocycles. The van der Waals surface area contributed by atoms with E-state index in [0.717, 1.165) is 30.2 Å². The van der Waals surface area contributed by atoms with E-state index in [0.29, 0.717) is 0 Å². The summed E-state index contributed by atoms with van der Waals surface area (Å²) < 4.78 is 0. The predicted molar refractivity (Wildman–Crippen MR) is 63.7 cm³/mol. The van der Waals surface area contributed by atoms with Crippen molar-refractivity contribution in [3.63, 3.8) is 0 Å². The molecule has 0 aliphatic heterocycles. The van der Waals surface area contributed by atoms with Crippen molar-refractivity contribution < 1.29 is 0 Å². The molecular weight excluding hydrogens is 182 g/mol. The zero-order valence-corrected chi connectivity index (χ0v) is 9.84. The lowest BCUT2D eigenvalue weighted by molar-refractivity contribution is 0.0693. The normalized spacial score (nSPS) is 42.3. The third-order valence-electron chi connectivity index (χ3n) is 4.86. The Morgan fingerprint density at radius 2 is 1.67 bits per heavy atom. The van der Waals surface area contributed by atoms with Crippen LogP contribution in [0.15, 0.2) is 11.6 Å².